The zero-order chi connectivity index (χ0) is 29.4. The molecule has 8 nitrogen and oxygen atoms in total. The van der Waals surface area contributed by atoms with Gasteiger partial charge in [-0.05, 0) is 67.4 Å². The minimum Gasteiger partial charge on any atom is -0.469 e. The first-order chi connectivity index (χ1) is 19.8. The smallest absolute Gasteiger partial charge is 0.308 e. The molecule has 41 heavy (non-hydrogen) atoms. The van der Waals surface area contributed by atoms with Crippen LogP contribution in [0.3, 0.4) is 0 Å². The molecule has 0 atom stereocenters. The highest BCUT2D eigenvalue weighted by atomic mass is 19.1. The highest BCUT2D eigenvalue weighted by molar-refractivity contribution is 6.12. The standard InChI is InChI=1S/C32H27FN4O4/c1-4-21-6-9-24(10-7-21)35-31(39)27-18-22(5-2)8-13-29(27)36-30(38)26-12-11-25(19-28(26)33)34-20-37-16-14-23(15-17-37)32(40)41-3/h1-2,6-13,18-20,23H,14-17H2,3H3,(H,35,39)(H,36,38). The Bertz CT molecular complexity index is 1580. The lowest BCUT2D eigenvalue weighted by atomic mass is 9.97. The maximum Gasteiger partial charge on any atom is 0.308 e. The van der Waals surface area contributed by atoms with Gasteiger partial charge in [0.25, 0.3) is 11.8 Å². The minimum atomic E-state index is -0.776. The number of aliphatic imine (C=N–C) groups is 1. The van der Waals surface area contributed by atoms with Crippen LogP contribution in [0.4, 0.5) is 21.5 Å². The van der Waals surface area contributed by atoms with Gasteiger partial charge in [-0.2, -0.15) is 0 Å². The Morgan fingerprint density at radius 2 is 1.59 bits per heavy atom. The number of halogens is 1. The Kier molecular flexibility index (Phi) is 9.13. The van der Waals surface area contributed by atoms with Crippen molar-refractivity contribution in [2.45, 2.75) is 12.8 Å². The molecule has 4 rings (SSSR count). The second-order valence-electron chi connectivity index (χ2n) is 9.28. The van der Waals surface area contributed by atoms with Crippen LogP contribution in [-0.2, 0) is 9.53 Å². The van der Waals surface area contributed by atoms with E-state index < -0.39 is 17.6 Å². The van der Waals surface area contributed by atoms with E-state index in [0.29, 0.717) is 48.4 Å². The van der Waals surface area contributed by atoms with E-state index in [0.717, 1.165) is 6.07 Å². The van der Waals surface area contributed by atoms with Crippen LogP contribution in [0.2, 0.25) is 0 Å². The normalized spacial score (nSPS) is 13.2. The summed E-state index contributed by atoms with van der Waals surface area (Å²) in [6.07, 6.45) is 13.8. The number of nitrogens with zero attached hydrogens (tertiary/aromatic N) is 2. The number of piperidine rings is 1. The summed E-state index contributed by atoms with van der Waals surface area (Å²) in [5.41, 5.74) is 1.94. The van der Waals surface area contributed by atoms with Crippen molar-refractivity contribution in [2.75, 3.05) is 30.8 Å². The van der Waals surface area contributed by atoms with Crippen molar-refractivity contribution in [3.63, 3.8) is 0 Å². The summed E-state index contributed by atoms with van der Waals surface area (Å²) in [5.74, 6) is 2.57. The summed E-state index contributed by atoms with van der Waals surface area (Å²) in [6, 6.07) is 15.2. The Balaban J connectivity index is 1.45. The van der Waals surface area contributed by atoms with Crippen LogP contribution in [0.15, 0.2) is 65.7 Å². The number of amides is 2. The van der Waals surface area contributed by atoms with Gasteiger partial charge in [-0.25, -0.2) is 9.38 Å². The lowest BCUT2D eigenvalue weighted by Gasteiger charge is -2.28. The van der Waals surface area contributed by atoms with Gasteiger partial charge in [-0.3, -0.25) is 14.4 Å². The van der Waals surface area contributed by atoms with Crippen LogP contribution < -0.4 is 10.6 Å². The zero-order valence-corrected chi connectivity index (χ0v) is 22.3. The Morgan fingerprint density at radius 3 is 2.22 bits per heavy atom. The molecule has 0 aromatic heterocycles. The number of ether oxygens (including phenoxy) is 1. The third-order valence-electron chi connectivity index (χ3n) is 6.62. The number of carbonyl (C=O) groups is 3. The Morgan fingerprint density at radius 1 is 0.927 bits per heavy atom. The molecule has 0 unspecified atom stereocenters. The summed E-state index contributed by atoms with van der Waals surface area (Å²) in [6.45, 7) is 1.24. The van der Waals surface area contributed by atoms with E-state index in [-0.39, 0.29) is 28.7 Å². The van der Waals surface area contributed by atoms with Crippen LogP contribution in [-0.4, -0.2) is 49.2 Å². The van der Waals surface area contributed by atoms with E-state index in [9.17, 15) is 18.8 Å². The third kappa shape index (κ3) is 7.17. The predicted octanol–water partition coefficient (Wildman–Crippen LogP) is 4.84. The summed E-state index contributed by atoms with van der Waals surface area (Å²) < 4.78 is 19.8. The maximum atomic E-state index is 15.0. The highest BCUT2D eigenvalue weighted by Gasteiger charge is 2.24. The molecule has 3 aromatic rings. The molecule has 1 fully saturated rings. The predicted molar refractivity (Wildman–Crippen MR) is 156 cm³/mol. The number of nitrogens with one attached hydrogen (secondary N) is 2. The number of esters is 1. The fourth-order valence-corrected chi connectivity index (χ4v) is 4.30. The molecule has 9 heteroatoms. The van der Waals surface area contributed by atoms with E-state index >= 15 is 0 Å². The molecule has 2 N–H and O–H groups in total. The van der Waals surface area contributed by atoms with Crippen LogP contribution >= 0.6 is 0 Å². The zero-order valence-electron chi connectivity index (χ0n) is 22.3. The lowest BCUT2D eigenvalue weighted by molar-refractivity contribution is -0.146. The van der Waals surface area contributed by atoms with Gasteiger partial charge in [0.1, 0.15) is 5.82 Å². The van der Waals surface area contributed by atoms with Crippen LogP contribution in [0.1, 0.15) is 44.7 Å². The first-order valence-corrected chi connectivity index (χ1v) is 12.8. The fraction of sp³-hybridized carbons (Fsp3) is 0.188. The molecule has 0 bridgehead atoms. The summed E-state index contributed by atoms with van der Waals surface area (Å²) in [5, 5.41) is 5.35. The van der Waals surface area contributed by atoms with Gasteiger partial charge in [0.05, 0.1) is 41.9 Å². The monoisotopic (exact) mass is 550 g/mol. The minimum absolute atomic E-state index is 0.104. The number of methoxy groups -OCH3 is 1. The van der Waals surface area contributed by atoms with Crippen molar-refractivity contribution < 1.29 is 23.5 Å². The van der Waals surface area contributed by atoms with Crippen LogP contribution in [0.25, 0.3) is 0 Å². The molecular formula is C32H27FN4O4. The number of carbonyl (C=O) groups excluding carboxylic acids is 3. The van der Waals surface area contributed by atoms with Gasteiger partial charge >= 0.3 is 5.97 Å². The van der Waals surface area contributed by atoms with E-state index in [1.165, 1.54) is 31.4 Å². The van der Waals surface area contributed by atoms with Gasteiger partial charge < -0.3 is 20.3 Å². The van der Waals surface area contributed by atoms with Gasteiger partial charge in [-0.15, -0.1) is 12.8 Å². The molecule has 206 valence electrons. The fourth-order valence-electron chi connectivity index (χ4n) is 4.30. The Hall–Kier alpha value is -5.41. The van der Waals surface area contributed by atoms with E-state index in [1.807, 2.05) is 4.90 Å². The number of hydrogen-bond donors (Lipinski definition) is 2. The molecule has 3 aromatic carbocycles. The molecule has 2 amide bonds. The maximum absolute atomic E-state index is 15.0. The molecule has 1 aliphatic heterocycles. The number of anilines is 2. The molecular weight excluding hydrogens is 523 g/mol. The second kappa shape index (κ2) is 13.1. The molecule has 1 saturated heterocycles. The van der Waals surface area contributed by atoms with Gasteiger partial charge in [0.2, 0.25) is 0 Å². The molecule has 0 aliphatic carbocycles. The topological polar surface area (TPSA) is 100 Å². The molecule has 0 radical (unpaired) electrons. The molecule has 1 aliphatic rings. The van der Waals surface area contributed by atoms with Crippen molar-refractivity contribution in [3.05, 3.63) is 88.7 Å². The van der Waals surface area contributed by atoms with Crippen molar-refractivity contribution in [3.8, 4) is 24.7 Å². The number of rotatable bonds is 7. The first-order valence-electron chi connectivity index (χ1n) is 12.8. The third-order valence-corrected chi connectivity index (χ3v) is 6.62. The highest BCUT2D eigenvalue weighted by Crippen LogP contribution is 2.23. The van der Waals surface area contributed by atoms with E-state index in [4.69, 9.17) is 17.6 Å². The number of terminal acetylenes is 2. The van der Waals surface area contributed by atoms with Crippen molar-refractivity contribution in [2.24, 2.45) is 10.9 Å². The first kappa shape index (κ1) is 28.6. The largest absolute Gasteiger partial charge is 0.469 e. The van der Waals surface area contributed by atoms with Crippen LogP contribution in [0, 0.1) is 36.4 Å². The number of likely N-dealkylation sites (tertiary alicyclic amines) is 1. The second-order valence-corrected chi connectivity index (χ2v) is 9.28. The quantitative estimate of drug-likeness (QED) is 0.190. The van der Waals surface area contributed by atoms with Crippen molar-refractivity contribution in [1.82, 2.24) is 4.90 Å². The van der Waals surface area contributed by atoms with Crippen molar-refractivity contribution in [1.29, 1.82) is 0 Å². The SMILES string of the molecule is C#Cc1ccc(NC(=O)c2cc(C#C)ccc2NC(=O)c2ccc(N=CN3CCC(C(=O)OC)CC3)cc2F)cc1. The summed E-state index contributed by atoms with van der Waals surface area (Å²) in [7, 11) is 1.38. The number of hydrogen-bond acceptors (Lipinski definition) is 5. The lowest BCUT2D eigenvalue weighted by Crippen LogP contribution is -2.35. The van der Waals surface area contributed by atoms with Crippen molar-refractivity contribution >= 4 is 41.2 Å². The van der Waals surface area contributed by atoms with Gasteiger partial charge in [0, 0.05) is 36.0 Å². The van der Waals surface area contributed by atoms with E-state index in [2.05, 4.69) is 27.5 Å². The van der Waals surface area contributed by atoms with E-state index in [1.54, 1.807) is 36.7 Å². The molecule has 1 heterocycles. The number of benzene rings is 3. The average molecular weight is 551 g/mol. The Labute approximate surface area is 237 Å². The average Bonchev–Trinajstić information content (AvgIpc) is 3.00. The summed E-state index contributed by atoms with van der Waals surface area (Å²) in [4.78, 5) is 44.0. The van der Waals surface area contributed by atoms with Gasteiger partial charge in [0.15, 0.2) is 0 Å². The summed E-state index contributed by atoms with van der Waals surface area (Å²) >= 11 is 0. The van der Waals surface area contributed by atoms with Crippen LogP contribution in [0.5, 0.6) is 0 Å². The van der Waals surface area contributed by atoms with Gasteiger partial charge in [-0.1, -0.05) is 11.8 Å². The molecule has 0 spiro atoms. The molecule has 0 saturated carbocycles.